The zero-order valence-electron chi connectivity index (χ0n) is 10.9. The van der Waals surface area contributed by atoms with Gasteiger partial charge in [0.05, 0.1) is 5.60 Å². The summed E-state index contributed by atoms with van der Waals surface area (Å²) in [5.74, 6) is 3.04. The van der Waals surface area contributed by atoms with Crippen LogP contribution in [-0.2, 0) is 4.74 Å². The molecule has 19 heavy (non-hydrogen) atoms. The average molecular weight is 362 g/mol. The molecule has 0 radical (unpaired) electrons. The van der Waals surface area contributed by atoms with Gasteiger partial charge in [-0.05, 0) is 70.5 Å². The third-order valence-electron chi connectivity index (χ3n) is 4.39. The van der Waals surface area contributed by atoms with Crippen LogP contribution in [-0.4, -0.2) is 23.7 Å². The lowest BCUT2D eigenvalue weighted by Gasteiger charge is -2.44. The molecule has 0 aliphatic carbocycles. The lowest BCUT2D eigenvalue weighted by atomic mass is 9.78. The lowest BCUT2D eigenvalue weighted by Crippen LogP contribution is -2.45. The van der Waals surface area contributed by atoms with E-state index in [1.807, 2.05) is 0 Å². The van der Waals surface area contributed by atoms with Crippen LogP contribution < -0.4 is 5.73 Å². The molecular weight excluding hydrogens is 342 g/mol. The minimum absolute atomic E-state index is 0.134. The van der Waals surface area contributed by atoms with Crippen LogP contribution in [0.1, 0.15) is 36.6 Å². The predicted molar refractivity (Wildman–Crippen MR) is 86.9 cm³/mol. The predicted octanol–water partition coefficient (Wildman–Crippen LogP) is 4.20. The molecule has 0 bridgehead atoms. The first-order chi connectivity index (χ1) is 9.20. The van der Waals surface area contributed by atoms with Crippen LogP contribution in [0.3, 0.4) is 0 Å². The molecule has 0 amide bonds. The largest absolute Gasteiger partial charge is 0.375 e. The molecule has 2 atom stereocenters. The molecule has 2 nitrogen and oxygen atoms in total. The highest BCUT2D eigenvalue weighted by atomic mass is 79.9. The average Bonchev–Trinajstić information content (AvgIpc) is 2.85. The van der Waals surface area contributed by atoms with Crippen molar-refractivity contribution in [2.45, 2.75) is 37.3 Å². The number of ether oxygens (including phenoxy) is 1. The fourth-order valence-corrected chi connectivity index (χ4v) is 6.19. The fraction of sp³-hybridized carbons (Fsp3) is 0.714. The summed E-state index contributed by atoms with van der Waals surface area (Å²) in [6, 6.07) is 2.26. The Labute approximate surface area is 131 Å². The summed E-state index contributed by atoms with van der Waals surface area (Å²) in [4.78, 5) is 1.30. The number of hydrogen-bond acceptors (Lipinski definition) is 4. The van der Waals surface area contributed by atoms with E-state index in [-0.39, 0.29) is 11.6 Å². The zero-order chi connectivity index (χ0) is 13.3. The Balaban J connectivity index is 1.72. The molecule has 2 unspecified atom stereocenters. The molecule has 1 aromatic heterocycles. The molecule has 2 aliphatic heterocycles. The Morgan fingerprint density at radius 3 is 2.89 bits per heavy atom. The third kappa shape index (κ3) is 3.05. The van der Waals surface area contributed by atoms with Crippen molar-refractivity contribution in [1.82, 2.24) is 0 Å². The van der Waals surface area contributed by atoms with Crippen LogP contribution in [0.5, 0.6) is 0 Å². The molecule has 1 spiro atoms. The van der Waals surface area contributed by atoms with Gasteiger partial charge in [0.25, 0.3) is 0 Å². The van der Waals surface area contributed by atoms with Crippen LogP contribution in [0, 0.1) is 5.92 Å². The van der Waals surface area contributed by atoms with E-state index in [9.17, 15) is 0 Å². The number of thiophene rings is 1. The molecule has 106 valence electrons. The molecular formula is C14H20BrNOS2. The fourth-order valence-electron chi connectivity index (χ4n) is 3.22. The molecule has 3 heterocycles. The van der Waals surface area contributed by atoms with Gasteiger partial charge in [0.2, 0.25) is 0 Å². The standard InChI is InChI=1S/C14H20BrNOS2/c15-11-2-6-19-13(11)12(16)10-1-5-17-14(9-10)3-7-18-8-4-14/h2,6,10,12H,1,3-5,7-9,16H2. The zero-order valence-corrected chi connectivity index (χ0v) is 14.2. The second-order valence-electron chi connectivity index (χ2n) is 5.56. The van der Waals surface area contributed by atoms with Crippen molar-refractivity contribution in [3.8, 4) is 0 Å². The van der Waals surface area contributed by atoms with E-state index in [1.165, 1.54) is 33.7 Å². The molecule has 0 saturated carbocycles. The Morgan fingerprint density at radius 1 is 1.42 bits per heavy atom. The Kier molecular flexibility index (Phi) is 4.59. The van der Waals surface area contributed by atoms with Crippen molar-refractivity contribution in [3.63, 3.8) is 0 Å². The molecule has 1 aromatic rings. The van der Waals surface area contributed by atoms with Gasteiger partial charge in [0, 0.05) is 22.0 Å². The van der Waals surface area contributed by atoms with E-state index in [0.717, 1.165) is 19.4 Å². The highest BCUT2D eigenvalue weighted by Gasteiger charge is 2.40. The van der Waals surface area contributed by atoms with Crippen LogP contribution in [0.2, 0.25) is 0 Å². The maximum Gasteiger partial charge on any atom is 0.0701 e. The third-order valence-corrected chi connectivity index (χ3v) is 7.35. The van der Waals surface area contributed by atoms with Crippen molar-refractivity contribution < 1.29 is 4.74 Å². The van der Waals surface area contributed by atoms with Gasteiger partial charge in [-0.25, -0.2) is 0 Å². The normalized spacial score (nSPS) is 28.4. The smallest absolute Gasteiger partial charge is 0.0701 e. The van der Waals surface area contributed by atoms with E-state index in [1.54, 1.807) is 11.3 Å². The summed E-state index contributed by atoms with van der Waals surface area (Å²) >= 11 is 7.44. The Hall–Kier alpha value is 0.450. The molecule has 3 rings (SSSR count). The van der Waals surface area contributed by atoms with Crippen molar-refractivity contribution >= 4 is 39.0 Å². The maximum absolute atomic E-state index is 6.52. The summed E-state index contributed by atoms with van der Waals surface area (Å²) in [7, 11) is 0. The van der Waals surface area contributed by atoms with Gasteiger partial charge in [0.1, 0.15) is 0 Å². The van der Waals surface area contributed by atoms with Crippen molar-refractivity contribution in [1.29, 1.82) is 0 Å². The topological polar surface area (TPSA) is 35.2 Å². The molecule has 0 aromatic carbocycles. The number of nitrogens with two attached hydrogens (primary N) is 1. The van der Waals surface area contributed by atoms with E-state index >= 15 is 0 Å². The molecule has 5 heteroatoms. The number of rotatable bonds is 2. The minimum atomic E-state index is 0.134. The van der Waals surface area contributed by atoms with Crippen molar-refractivity contribution in [3.05, 3.63) is 20.8 Å². The van der Waals surface area contributed by atoms with Crippen LogP contribution in [0.25, 0.3) is 0 Å². The van der Waals surface area contributed by atoms with Crippen molar-refractivity contribution in [2.75, 3.05) is 18.1 Å². The van der Waals surface area contributed by atoms with Gasteiger partial charge >= 0.3 is 0 Å². The highest BCUT2D eigenvalue weighted by molar-refractivity contribution is 9.10. The Bertz CT molecular complexity index is 425. The quantitative estimate of drug-likeness (QED) is 0.856. The van der Waals surface area contributed by atoms with Gasteiger partial charge in [0.15, 0.2) is 0 Å². The highest BCUT2D eigenvalue weighted by Crippen LogP contribution is 2.44. The molecule has 2 N–H and O–H groups in total. The van der Waals surface area contributed by atoms with Crippen LogP contribution in [0.15, 0.2) is 15.9 Å². The van der Waals surface area contributed by atoms with E-state index in [0.29, 0.717) is 5.92 Å². The maximum atomic E-state index is 6.52. The van der Waals surface area contributed by atoms with Crippen LogP contribution >= 0.6 is 39.0 Å². The number of hydrogen-bond donors (Lipinski definition) is 1. The molecule has 2 saturated heterocycles. The molecule has 2 fully saturated rings. The van der Waals surface area contributed by atoms with Gasteiger partial charge in [-0.15, -0.1) is 11.3 Å². The molecule has 2 aliphatic rings. The second-order valence-corrected chi connectivity index (χ2v) is 8.58. The summed E-state index contributed by atoms with van der Waals surface area (Å²) in [5, 5.41) is 2.12. The van der Waals surface area contributed by atoms with Crippen LogP contribution in [0.4, 0.5) is 0 Å². The first kappa shape index (κ1) is 14.4. The van der Waals surface area contributed by atoms with E-state index < -0.39 is 0 Å². The van der Waals surface area contributed by atoms with Gasteiger partial charge in [-0.1, -0.05) is 0 Å². The van der Waals surface area contributed by atoms with Gasteiger partial charge in [-0.2, -0.15) is 11.8 Å². The summed E-state index contributed by atoms with van der Waals surface area (Å²) in [6.07, 6.45) is 4.64. The first-order valence-electron chi connectivity index (χ1n) is 6.90. The van der Waals surface area contributed by atoms with E-state index in [2.05, 4.69) is 39.1 Å². The van der Waals surface area contributed by atoms with Crippen molar-refractivity contribution in [2.24, 2.45) is 11.7 Å². The number of halogens is 1. The lowest BCUT2D eigenvalue weighted by molar-refractivity contribution is -0.105. The monoisotopic (exact) mass is 361 g/mol. The SMILES string of the molecule is NC(c1sccc1Br)C1CCOC2(CCSCC2)C1. The van der Waals surface area contributed by atoms with E-state index in [4.69, 9.17) is 10.5 Å². The van der Waals surface area contributed by atoms with Gasteiger partial charge < -0.3 is 10.5 Å². The Morgan fingerprint density at radius 2 is 2.21 bits per heavy atom. The first-order valence-corrected chi connectivity index (χ1v) is 9.73. The second kappa shape index (κ2) is 6.06. The summed E-state index contributed by atoms with van der Waals surface area (Å²) in [6.45, 7) is 0.881. The number of thioether (sulfide) groups is 1. The van der Waals surface area contributed by atoms with Gasteiger partial charge in [-0.3, -0.25) is 0 Å². The summed E-state index contributed by atoms with van der Waals surface area (Å²) < 4.78 is 7.33. The minimum Gasteiger partial charge on any atom is -0.375 e. The summed E-state index contributed by atoms with van der Waals surface area (Å²) in [5.41, 5.74) is 6.66.